The molecule has 0 radical (unpaired) electrons. The van der Waals surface area contributed by atoms with E-state index < -0.39 is 28.2 Å². The van der Waals surface area contributed by atoms with Crippen molar-refractivity contribution in [1.29, 1.82) is 0 Å². The molecule has 1 aromatic carbocycles. The van der Waals surface area contributed by atoms with Gasteiger partial charge in [0.05, 0.1) is 4.92 Å². The normalized spacial score (nSPS) is 14.3. The Kier molecular flexibility index (Phi) is 3.90. The van der Waals surface area contributed by atoms with Crippen molar-refractivity contribution < 1.29 is 15.1 Å². The van der Waals surface area contributed by atoms with Gasteiger partial charge < -0.3 is 15.9 Å². The number of benzene rings is 1. The molecule has 0 spiro atoms. The van der Waals surface area contributed by atoms with E-state index in [1.165, 1.54) is 12.1 Å². The maximum atomic E-state index is 10.7. The maximum Gasteiger partial charge on any atom is 0.314 e. The Hall–Kier alpha value is -1.82. The molecule has 0 fully saturated rings. The van der Waals surface area contributed by atoms with E-state index >= 15 is 0 Å². The fourth-order valence-corrected chi connectivity index (χ4v) is 1.54. The van der Waals surface area contributed by atoms with Gasteiger partial charge in [-0.05, 0) is 17.5 Å². The predicted octanol–water partition coefficient (Wildman–Crippen LogP) is 2.05. The van der Waals surface area contributed by atoms with Gasteiger partial charge in [0.25, 0.3) is 0 Å². The molecule has 0 saturated heterocycles. The van der Waals surface area contributed by atoms with Gasteiger partial charge in [-0.3, -0.25) is 10.1 Å². The van der Waals surface area contributed by atoms with E-state index in [9.17, 15) is 20.3 Å². The van der Waals surface area contributed by atoms with Crippen molar-refractivity contribution in [2.75, 3.05) is 0 Å². The SMILES string of the molecule is CCC(C)[C@@H](N)c1cc(O)c(O)c([N+](=O)[O-])c1. The summed E-state index contributed by atoms with van der Waals surface area (Å²) in [5.41, 5.74) is 5.84. The zero-order valence-corrected chi connectivity index (χ0v) is 9.75. The van der Waals surface area contributed by atoms with Crippen molar-refractivity contribution >= 4 is 5.69 Å². The van der Waals surface area contributed by atoms with E-state index in [0.29, 0.717) is 5.56 Å². The van der Waals surface area contributed by atoms with Crippen LogP contribution in [0.5, 0.6) is 11.5 Å². The van der Waals surface area contributed by atoms with E-state index in [2.05, 4.69) is 0 Å². The lowest BCUT2D eigenvalue weighted by molar-refractivity contribution is -0.386. The molecular formula is C11H16N2O4. The third-order valence-electron chi connectivity index (χ3n) is 2.93. The second kappa shape index (κ2) is 5.01. The molecule has 0 aliphatic carbocycles. The van der Waals surface area contributed by atoms with Crippen molar-refractivity contribution in [2.45, 2.75) is 26.3 Å². The van der Waals surface area contributed by atoms with Crippen LogP contribution >= 0.6 is 0 Å². The van der Waals surface area contributed by atoms with Crippen LogP contribution in [0, 0.1) is 16.0 Å². The highest BCUT2D eigenvalue weighted by Gasteiger charge is 2.22. The van der Waals surface area contributed by atoms with Crippen LogP contribution < -0.4 is 5.73 Å². The lowest BCUT2D eigenvalue weighted by Crippen LogP contribution is -2.18. The van der Waals surface area contributed by atoms with Crippen LogP contribution in [0.15, 0.2) is 12.1 Å². The molecule has 0 aliphatic rings. The molecule has 0 aromatic heterocycles. The Morgan fingerprint density at radius 3 is 2.53 bits per heavy atom. The number of hydrogen-bond acceptors (Lipinski definition) is 5. The van der Waals surface area contributed by atoms with Gasteiger partial charge in [-0.1, -0.05) is 20.3 Å². The molecule has 1 aromatic rings. The van der Waals surface area contributed by atoms with Gasteiger partial charge in [0.15, 0.2) is 5.75 Å². The Morgan fingerprint density at radius 1 is 1.47 bits per heavy atom. The Morgan fingerprint density at radius 2 is 2.06 bits per heavy atom. The van der Waals surface area contributed by atoms with Crippen molar-refractivity contribution in [1.82, 2.24) is 0 Å². The average molecular weight is 240 g/mol. The molecule has 17 heavy (non-hydrogen) atoms. The van der Waals surface area contributed by atoms with E-state index in [1.54, 1.807) is 0 Å². The molecule has 4 N–H and O–H groups in total. The number of nitro groups is 1. The summed E-state index contributed by atoms with van der Waals surface area (Å²) in [5, 5.41) is 29.4. The van der Waals surface area contributed by atoms with Crippen LogP contribution in [0.25, 0.3) is 0 Å². The highest BCUT2D eigenvalue weighted by atomic mass is 16.6. The summed E-state index contributed by atoms with van der Waals surface area (Å²) in [6.45, 7) is 3.87. The first kappa shape index (κ1) is 13.2. The first-order valence-corrected chi connectivity index (χ1v) is 5.34. The first-order valence-electron chi connectivity index (χ1n) is 5.34. The third-order valence-corrected chi connectivity index (χ3v) is 2.93. The van der Waals surface area contributed by atoms with Crippen molar-refractivity contribution in [3.63, 3.8) is 0 Å². The van der Waals surface area contributed by atoms with Crippen molar-refractivity contribution in [2.24, 2.45) is 11.7 Å². The van der Waals surface area contributed by atoms with E-state index in [-0.39, 0.29) is 5.92 Å². The summed E-state index contributed by atoms with van der Waals surface area (Å²) in [7, 11) is 0. The van der Waals surface area contributed by atoms with Crippen LogP contribution in [-0.4, -0.2) is 15.1 Å². The summed E-state index contributed by atoms with van der Waals surface area (Å²) in [6.07, 6.45) is 0.816. The molecule has 0 aliphatic heterocycles. The number of nitro benzene ring substituents is 1. The minimum absolute atomic E-state index is 0.124. The summed E-state index contributed by atoms with van der Waals surface area (Å²) >= 11 is 0. The van der Waals surface area contributed by atoms with E-state index in [0.717, 1.165) is 6.42 Å². The highest BCUT2D eigenvalue weighted by Crippen LogP contribution is 2.38. The Bertz CT molecular complexity index is 434. The molecule has 94 valence electrons. The molecular weight excluding hydrogens is 224 g/mol. The minimum atomic E-state index is -0.748. The number of aromatic hydroxyl groups is 2. The lowest BCUT2D eigenvalue weighted by atomic mass is 9.93. The van der Waals surface area contributed by atoms with Gasteiger partial charge >= 0.3 is 5.69 Å². The number of nitrogens with zero attached hydrogens (tertiary/aromatic N) is 1. The molecule has 2 atom stereocenters. The smallest absolute Gasteiger partial charge is 0.314 e. The Labute approximate surface area is 98.8 Å². The average Bonchev–Trinajstić information content (AvgIpc) is 2.30. The summed E-state index contributed by atoms with van der Waals surface area (Å²) in [6, 6.07) is 2.05. The van der Waals surface area contributed by atoms with Crippen LogP contribution in [0.3, 0.4) is 0 Å². The second-order valence-corrected chi connectivity index (χ2v) is 4.08. The molecule has 0 heterocycles. The van der Waals surface area contributed by atoms with Crippen LogP contribution in [0.2, 0.25) is 0 Å². The van der Waals surface area contributed by atoms with Gasteiger partial charge in [0.2, 0.25) is 5.75 Å². The second-order valence-electron chi connectivity index (χ2n) is 4.08. The number of phenolic OH excluding ortho intramolecular Hbond substituents is 2. The fourth-order valence-electron chi connectivity index (χ4n) is 1.54. The quantitative estimate of drug-likeness (QED) is 0.424. The molecule has 0 saturated carbocycles. The monoisotopic (exact) mass is 240 g/mol. The fraction of sp³-hybridized carbons (Fsp3) is 0.455. The number of nitrogens with two attached hydrogens (primary N) is 1. The topological polar surface area (TPSA) is 110 Å². The number of phenols is 2. The van der Waals surface area contributed by atoms with Gasteiger partial charge in [-0.2, -0.15) is 0 Å². The van der Waals surface area contributed by atoms with Gasteiger partial charge in [0, 0.05) is 12.1 Å². The van der Waals surface area contributed by atoms with Gasteiger partial charge in [-0.25, -0.2) is 0 Å². The molecule has 6 nitrogen and oxygen atoms in total. The van der Waals surface area contributed by atoms with Crippen LogP contribution in [0.4, 0.5) is 5.69 Å². The van der Waals surface area contributed by atoms with Crippen LogP contribution in [-0.2, 0) is 0 Å². The highest BCUT2D eigenvalue weighted by molar-refractivity contribution is 5.57. The zero-order chi connectivity index (χ0) is 13.2. The van der Waals surface area contributed by atoms with Crippen molar-refractivity contribution in [3.8, 4) is 11.5 Å². The van der Waals surface area contributed by atoms with Gasteiger partial charge in [0.1, 0.15) is 0 Å². The Balaban J connectivity index is 3.23. The van der Waals surface area contributed by atoms with Crippen LogP contribution in [0.1, 0.15) is 31.9 Å². The zero-order valence-electron chi connectivity index (χ0n) is 9.75. The number of hydrogen-bond donors (Lipinski definition) is 3. The largest absolute Gasteiger partial charge is 0.504 e. The molecule has 0 bridgehead atoms. The molecule has 1 rings (SSSR count). The minimum Gasteiger partial charge on any atom is -0.504 e. The maximum absolute atomic E-state index is 10.7. The molecule has 0 amide bonds. The summed E-state index contributed by atoms with van der Waals surface area (Å²) in [4.78, 5) is 9.93. The molecule has 6 heteroatoms. The number of rotatable bonds is 4. The standard InChI is InChI=1S/C11H16N2O4/c1-3-6(2)10(12)7-4-8(13(16)17)11(15)9(14)5-7/h4-6,10,14-15H,3,12H2,1-2H3/t6?,10-/m1/s1. The van der Waals surface area contributed by atoms with E-state index in [4.69, 9.17) is 5.73 Å². The van der Waals surface area contributed by atoms with Crippen molar-refractivity contribution in [3.05, 3.63) is 27.8 Å². The first-order chi connectivity index (χ1) is 7.88. The third kappa shape index (κ3) is 2.65. The summed E-state index contributed by atoms with van der Waals surface area (Å²) in [5.74, 6) is -1.12. The predicted molar refractivity (Wildman–Crippen MR) is 62.8 cm³/mol. The molecule has 1 unspecified atom stereocenters. The van der Waals surface area contributed by atoms with Gasteiger partial charge in [-0.15, -0.1) is 0 Å². The summed E-state index contributed by atoms with van der Waals surface area (Å²) < 4.78 is 0. The van der Waals surface area contributed by atoms with E-state index in [1.807, 2.05) is 13.8 Å². The lowest BCUT2D eigenvalue weighted by Gasteiger charge is -2.18.